The highest BCUT2D eigenvalue weighted by Gasteiger charge is 2.24. The Kier molecular flexibility index (Phi) is 4.93. The summed E-state index contributed by atoms with van der Waals surface area (Å²) >= 11 is 0. The summed E-state index contributed by atoms with van der Waals surface area (Å²) in [4.78, 5) is 18.6. The summed E-state index contributed by atoms with van der Waals surface area (Å²) < 4.78 is 19.7. The highest BCUT2D eigenvalue weighted by Crippen LogP contribution is 2.21. The van der Waals surface area contributed by atoms with Gasteiger partial charge in [0.2, 0.25) is 0 Å². The zero-order valence-corrected chi connectivity index (χ0v) is 14.9. The molecule has 1 aromatic heterocycles. The van der Waals surface area contributed by atoms with Crippen molar-refractivity contribution in [1.82, 2.24) is 9.80 Å². The molecule has 0 bridgehead atoms. The summed E-state index contributed by atoms with van der Waals surface area (Å²) in [5.41, 5.74) is 0.670. The molecule has 0 aliphatic carbocycles. The Balaban J connectivity index is 1.32. The zero-order chi connectivity index (χ0) is 17.9. The van der Waals surface area contributed by atoms with Crippen LogP contribution in [0.2, 0.25) is 0 Å². The topological polar surface area (TPSA) is 39.9 Å². The second-order valence-corrected chi connectivity index (χ2v) is 6.98. The lowest BCUT2D eigenvalue weighted by molar-refractivity contribution is 0.0757. The lowest BCUT2D eigenvalue weighted by Crippen LogP contribution is -2.46. The summed E-state index contributed by atoms with van der Waals surface area (Å²) in [6.45, 7) is 5.56. The lowest BCUT2D eigenvalue weighted by atomic mass is 10.2. The molecule has 0 unspecified atom stereocenters. The zero-order valence-electron chi connectivity index (χ0n) is 14.9. The van der Waals surface area contributed by atoms with Crippen LogP contribution in [0.4, 0.5) is 10.1 Å². The Morgan fingerprint density at radius 3 is 2.42 bits per heavy atom. The third-order valence-corrected chi connectivity index (χ3v) is 5.21. The van der Waals surface area contributed by atoms with Crippen molar-refractivity contribution >= 4 is 11.6 Å². The molecular weight excluding hydrogens is 333 g/mol. The number of hydrogen-bond acceptors (Lipinski definition) is 4. The van der Waals surface area contributed by atoms with Crippen LogP contribution >= 0.6 is 0 Å². The third kappa shape index (κ3) is 3.60. The Morgan fingerprint density at radius 2 is 1.69 bits per heavy atom. The molecule has 0 N–H and O–H groups in total. The van der Waals surface area contributed by atoms with Crippen molar-refractivity contribution in [3.8, 4) is 0 Å². The molecular formula is C20H24FN3O2. The van der Waals surface area contributed by atoms with E-state index >= 15 is 0 Å². The van der Waals surface area contributed by atoms with E-state index in [0.717, 1.165) is 57.9 Å². The van der Waals surface area contributed by atoms with Crippen molar-refractivity contribution in [2.75, 3.05) is 44.2 Å². The van der Waals surface area contributed by atoms with E-state index in [0.29, 0.717) is 18.0 Å². The number of furan rings is 1. The van der Waals surface area contributed by atoms with E-state index in [2.05, 4.69) is 9.80 Å². The van der Waals surface area contributed by atoms with Crippen molar-refractivity contribution in [3.63, 3.8) is 0 Å². The number of amides is 1. The number of para-hydroxylation sites is 1. The van der Waals surface area contributed by atoms with Gasteiger partial charge in [-0.2, -0.15) is 0 Å². The molecule has 2 saturated heterocycles. The van der Waals surface area contributed by atoms with Gasteiger partial charge in [0.1, 0.15) is 11.6 Å². The Hall–Kier alpha value is -2.34. The van der Waals surface area contributed by atoms with E-state index in [4.69, 9.17) is 4.42 Å². The first-order valence-electron chi connectivity index (χ1n) is 9.30. The predicted molar refractivity (Wildman–Crippen MR) is 97.7 cm³/mol. The molecule has 26 heavy (non-hydrogen) atoms. The average molecular weight is 357 g/mol. The van der Waals surface area contributed by atoms with Gasteiger partial charge in [0.15, 0.2) is 5.76 Å². The van der Waals surface area contributed by atoms with Gasteiger partial charge in [0.25, 0.3) is 5.91 Å². The van der Waals surface area contributed by atoms with Gasteiger partial charge in [0, 0.05) is 39.3 Å². The first kappa shape index (κ1) is 17.1. The van der Waals surface area contributed by atoms with E-state index in [-0.39, 0.29) is 11.7 Å². The largest absolute Gasteiger partial charge is 0.455 e. The number of anilines is 1. The molecule has 138 valence electrons. The second-order valence-electron chi connectivity index (χ2n) is 6.98. The maximum atomic E-state index is 13.9. The SMILES string of the molecule is O=C(c1ccc(CN2CCN(c3ccccc3F)CC2)o1)N1CCCC1. The third-order valence-electron chi connectivity index (χ3n) is 5.21. The van der Waals surface area contributed by atoms with Gasteiger partial charge in [-0.25, -0.2) is 4.39 Å². The fourth-order valence-corrected chi connectivity index (χ4v) is 3.73. The van der Waals surface area contributed by atoms with Crippen LogP contribution in [0, 0.1) is 5.82 Å². The van der Waals surface area contributed by atoms with Crippen LogP contribution in [0.1, 0.15) is 29.2 Å². The highest BCUT2D eigenvalue weighted by atomic mass is 19.1. The van der Waals surface area contributed by atoms with Gasteiger partial charge >= 0.3 is 0 Å². The Morgan fingerprint density at radius 1 is 0.962 bits per heavy atom. The van der Waals surface area contributed by atoms with E-state index in [1.807, 2.05) is 23.1 Å². The number of rotatable bonds is 4. The number of piperazine rings is 1. The minimum Gasteiger partial charge on any atom is -0.455 e. The normalized spacial score (nSPS) is 18.5. The molecule has 0 saturated carbocycles. The minimum atomic E-state index is -0.169. The number of carbonyl (C=O) groups is 1. The Bertz CT molecular complexity index is 762. The van der Waals surface area contributed by atoms with Gasteiger partial charge in [-0.3, -0.25) is 9.69 Å². The molecule has 4 rings (SSSR count). The maximum Gasteiger partial charge on any atom is 0.289 e. The standard InChI is InChI=1S/C20H24FN3O2/c21-17-5-1-2-6-18(17)23-13-11-22(12-14-23)15-16-7-8-19(26-16)20(25)24-9-3-4-10-24/h1-2,5-8H,3-4,9-15H2. The fraction of sp³-hybridized carbons (Fsp3) is 0.450. The van der Waals surface area contributed by atoms with Crippen molar-refractivity contribution in [2.24, 2.45) is 0 Å². The van der Waals surface area contributed by atoms with Gasteiger partial charge < -0.3 is 14.2 Å². The number of likely N-dealkylation sites (tertiary alicyclic amines) is 1. The summed E-state index contributed by atoms with van der Waals surface area (Å²) in [6, 6.07) is 10.6. The summed E-state index contributed by atoms with van der Waals surface area (Å²) in [5, 5.41) is 0. The van der Waals surface area contributed by atoms with Crippen LogP contribution < -0.4 is 4.90 Å². The van der Waals surface area contributed by atoms with E-state index in [9.17, 15) is 9.18 Å². The van der Waals surface area contributed by atoms with E-state index < -0.39 is 0 Å². The van der Waals surface area contributed by atoms with Crippen molar-refractivity contribution < 1.29 is 13.6 Å². The van der Waals surface area contributed by atoms with Crippen LogP contribution in [0.3, 0.4) is 0 Å². The number of halogens is 1. The summed E-state index contributed by atoms with van der Waals surface area (Å²) in [5.74, 6) is 1.08. The molecule has 0 radical (unpaired) electrons. The highest BCUT2D eigenvalue weighted by molar-refractivity contribution is 5.91. The van der Waals surface area contributed by atoms with Crippen LogP contribution in [-0.2, 0) is 6.54 Å². The number of nitrogens with zero attached hydrogens (tertiary/aromatic N) is 3. The molecule has 0 atom stereocenters. The predicted octanol–water partition coefficient (Wildman–Crippen LogP) is 2.98. The van der Waals surface area contributed by atoms with E-state index in [1.165, 1.54) is 6.07 Å². The first-order valence-corrected chi connectivity index (χ1v) is 9.30. The monoisotopic (exact) mass is 357 g/mol. The molecule has 5 nitrogen and oxygen atoms in total. The Labute approximate surface area is 153 Å². The second kappa shape index (κ2) is 7.50. The van der Waals surface area contributed by atoms with Crippen LogP contribution in [0.15, 0.2) is 40.8 Å². The average Bonchev–Trinajstić information content (AvgIpc) is 3.35. The van der Waals surface area contributed by atoms with Gasteiger partial charge in [-0.1, -0.05) is 12.1 Å². The van der Waals surface area contributed by atoms with Crippen LogP contribution in [0.25, 0.3) is 0 Å². The van der Waals surface area contributed by atoms with Gasteiger partial charge in [0.05, 0.1) is 12.2 Å². The number of benzene rings is 1. The van der Waals surface area contributed by atoms with Crippen molar-refractivity contribution in [2.45, 2.75) is 19.4 Å². The molecule has 1 amide bonds. The number of hydrogen-bond donors (Lipinski definition) is 0. The molecule has 1 aromatic carbocycles. The van der Waals surface area contributed by atoms with Crippen molar-refractivity contribution in [3.05, 3.63) is 53.7 Å². The molecule has 2 aliphatic rings. The molecule has 2 aromatic rings. The van der Waals surface area contributed by atoms with Crippen LogP contribution in [0.5, 0.6) is 0 Å². The molecule has 3 heterocycles. The molecule has 6 heteroatoms. The van der Waals surface area contributed by atoms with E-state index in [1.54, 1.807) is 12.1 Å². The minimum absolute atomic E-state index is 0.00174. The van der Waals surface area contributed by atoms with Crippen LogP contribution in [-0.4, -0.2) is 55.0 Å². The summed E-state index contributed by atoms with van der Waals surface area (Å²) in [7, 11) is 0. The lowest BCUT2D eigenvalue weighted by Gasteiger charge is -2.35. The first-order chi connectivity index (χ1) is 12.7. The summed E-state index contributed by atoms with van der Waals surface area (Å²) in [6.07, 6.45) is 2.15. The maximum absolute atomic E-state index is 13.9. The molecule has 2 fully saturated rings. The molecule has 0 spiro atoms. The number of carbonyl (C=O) groups excluding carboxylic acids is 1. The van der Waals surface area contributed by atoms with Gasteiger partial charge in [-0.05, 0) is 37.1 Å². The van der Waals surface area contributed by atoms with Crippen molar-refractivity contribution in [1.29, 1.82) is 0 Å². The van der Waals surface area contributed by atoms with Gasteiger partial charge in [-0.15, -0.1) is 0 Å². The smallest absolute Gasteiger partial charge is 0.289 e. The molecule has 2 aliphatic heterocycles. The quantitative estimate of drug-likeness (QED) is 0.843. The fourth-order valence-electron chi connectivity index (χ4n) is 3.73.